The quantitative estimate of drug-likeness (QED) is 0.533. The number of hydrogen-bond acceptors (Lipinski definition) is 2. The van der Waals surface area contributed by atoms with Gasteiger partial charge in [-0.25, -0.2) is 0 Å². The first kappa shape index (κ1) is 8.34. The Labute approximate surface area is 57.1 Å². The Morgan fingerprint density at radius 2 is 2.22 bits per heavy atom. The van der Waals surface area contributed by atoms with E-state index in [2.05, 4.69) is 11.8 Å². The second-order valence-corrected chi connectivity index (χ2v) is 2.00. The fourth-order valence-corrected chi connectivity index (χ4v) is 0.592. The summed E-state index contributed by atoms with van der Waals surface area (Å²) in [6.07, 6.45) is 4.77. The molecule has 0 aliphatic heterocycles. The van der Waals surface area contributed by atoms with Crippen LogP contribution in [0.25, 0.3) is 0 Å². The van der Waals surface area contributed by atoms with Crippen LogP contribution in [0.4, 0.5) is 0 Å². The molecule has 2 heteroatoms. The van der Waals surface area contributed by atoms with Gasteiger partial charge in [-0.15, -0.1) is 0 Å². The maximum atomic E-state index is 4.74. The van der Waals surface area contributed by atoms with Crippen LogP contribution in [0.2, 0.25) is 0 Å². The van der Waals surface area contributed by atoms with E-state index in [0.29, 0.717) is 0 Å². The molecule has 0 unspecified atom stereocenters. The van der Waals surface area contributed by atoms with Crippen LogP contribution in [0.15, 0.2) is 12.5 Å². The van der Waals surface area contributed by atoms with Crippen molar-refractivity contribution in [3.05, 3.63) is 12.5 Å². The molecule has 0 heterocycles. The van der Waals surface area contributed by atoms with Gasteiger partial charge >= 0.3 is 0 Å². The lowest BCUT2D eigenvalue weighted by atomic mass is 10.4. The van der Waals surface area contributed by atoms with Gasteiger partial charge < -0.3 is 9.64 Å². The fraction of sp³-hybridized carbons (Fsp3) is 0.714. The third-order valence-corrected chi connectivity index (χ3v) is 1.03. The smallest absolute Gasteiger partial charge is 0.0983 e. The topological polar surface area (TPSA) is 12.5 Å². The zero-order valence-corrected chi connectivity index (χ0v) is 6.42. The molecule has 2 nitrogen and oxygen atoms in total. The highest BCUT2D eigenvalue weighted by molar-refractivity contribution is 4.71. The summed E-state index contributed by atoms with van der Waals surface area (Å²) in [4.78, 5) is 2.09. The van der Waals surface area contributed by atoms with E-state index in [-0.39, 0.29) is 0 Å². The second-order valence-electron chi connectivity index (χ2n) is 2.00. The molecule has 0 radical (unpaired) electrons. The molecule has 0 amide bonds. The number of hydrogen-bond donors (Lipinski definition) is 0. The molecular weight excluding hydrogens is 114 g/mol. The summed E-state index contributed by atoms with van der Waals surface area (Å²) in [6.45, 7) is 3.23. The molecule has 9 heavy (non-hydrogen) atoms. The molecule has 0 aromatic heterocycles. The molecule has 0 saturated heterocycles. The minimum absolute atomic E-state index is 1.08. The Morgan fingerprint density at radius 3 is 2.67 bits per heavy atom. The van der Waals surface area contributed by atoms with Gasteiger partial charge in [0.15, 0.2) is 0 Å². The van der Waals surface area contributed by atoms with Crippen molar-refractivity contribution in [3.8, 4) is 0 Å². The Hall–Kier alpha value is -0.660. The van der Waals surface area contributed by atoms with E-state index in [0.717, 1.165) is 6.54 Å². The third-order valence-electron chi connectivity index (χ3n) is 1.03. The number of ether oxygens (including phenoxy) is 1. The highest BCUT2D eigenvalue weighted by atomic mass is 16.5. The van der Waals surface area contributed by atoms with Crippen molar-refractivity contribution in [3.63, 3.8) is 0 Å². The van der Waals surface area contributed by atoms with Gasteiger partial charge in [-0.05, 0) is 6.42 Å². The summed E-state index contributed by atoms with van der Waals surface area (Å²) in [5.74, 6) is 0. The first-order valence-corrected chi connectivity index (χ1v) is 3.21. The van der Waals surface area contributed by atoms with E-state index in [9.17, 15) is 0 Å². The lowest BCUT2D eigenvalue weighted by Gasteiger charge is -2.10. The molecular formula is C7H15NO. The van der Waals surface area contributed by atoms with Crippen LogP contribution in [-0.4, -0.2) is 25.6 Å². The van der Waals surface area contributed by atoms with Crippen LogP contribution in [-0.2, 0) is 4.74 Å². The van der Waals surface area contributed by atoms with E-state index >= 15 is 0 Å². The van der Waals surface area contributed by atoms with Crippen molar-refractivity contribution in [2.45, 2.75) is 13.3 Å². The average Bonchev–Trinajstić information content (AvgIpc) is 1.85. The molecule has 0 aliphatic rings. The lowest BCUT2D eigenvalue weighted by molar-refractivity contribution is 0.322. The van der Waals surface area contributed by atoms with E-state index in [1.807, 2.05) is 13.2 Å². The highest BCUT2D eigenvalue weighted by Gasteiger charge is 1.84. The minimum atomic E-state index is 1.08. The van der Waals surface area contributed by atoms with Gasteiger partial charge in [0.25, 0.3) is 0 Å². The second kappa shape index (κ2) is 5.48. The largest absolute Gasteiger partial charge is 0.503 e. The van der Waals surface area contributed by atoms with Crippen LogP contribution in [0, 0.1) is 0 Å². The predicted molar refractivity (Wildman–Crippen MR) is 39.1 cm³/mol. The lowest BCUT2D eigenvalue weighted by Crippen LogP contribution is -2.10. The average molecular weight is 129 g/mol. The standard InChI is InChI=1S/C7H15NO/c1-4-5-8(2)6-7-9-3/h6-7H,4-5H2,1-3H3/b7-6+. The molecule has 0 aromatic carbocycles. The normalized spacial score (nSPS) is 10.1. The Balaban J connectivity index is 3.25. The zero-order chi connectivity index (χ0) is 7.11. The van der Waals surface area contributed by atoms with Gasteiger partial charge in [-0.2, -0.15) is 0 Å². The van der Waals surface area contributed by atoms with E-state index in [1.165, 1.54) is 6.42 Å². The van der Waals surface area contributed by atoms with Gasteiger partial charge in [0.1, 0.15) is 0 Å². The van der Waals surface area contributed by atoms with Crippen molar-refractivity contribution in [2.24, 2.45) is 0 Å². The van der Waals surface area contributed by atoms with Gasteiger partial charge in [0.2, 0.25) is 0 Å². The minimum Gasteiger partial charge on any atom is -0.503 e. The number of methoxy groups -OCH3 is 1. The van der Waals surface area contributed by atoms with Crippen LogP contribution in [0.5, 0.6) is 0 Å². The van der Waals surface area contributed by atoms with Crippen molar-refractivity contribution < 1.29 is 4.74 Å². The molecule has 0 atom stereocenters. The summed E-state index contributed by atoms with van der Waals surface area (Å²) < 4.78 is 4.74. The Morgan fingerprint density at radius 1 is 1.56 bits per heavy atom. The van der Waals surface area contributed by atoms with Crippen molar-refractivity contribution in [2.75, 3.05) is 20.7 Å². The molecule has 54 valence electrons. The first-order valence-electron chi connectivity index (χ1n) is 3.21. The van der Waals surface area contributed by atoms with E-state index < -0.39 is 0 Å². The molecule has 0 spiro atoms. The molecule has 0 saturated carbocycles. The van der Waals surface area contributed by atoms with E-state index in [1.54, 1.807) is 13.4 Å². The van der Waals surface area contributed by atoms with Crippen LogP contribution >= 0.6 is 0 Å². The highest BCUT2D eigenvalue weighted by Crippen LogP contribution is 1.86. The Bertz CT molecular complexity index is 81.0. The predicted octanol–water partition coefficient (Wildman–Crippen LogP) is 1.45. The molecule has 0 aliphatic carbocycles. The van der Waals surface area contributed by atoms with Crippen molar-refractivity contribution in [1.29, 1.82) is 0 Å². The summed E-state index contributed by atoms with van der Waals surface area (Å²) >= 11 is 0. The maximum Gasteiger partial charge on any atom is 0.0983 e. The monoisotopic (exact) mass is 129 g/mol. The van der Waals surface area contributed by atoms with E-state index in [4.69, 9.17) is 4.74 Å². The molecule has 0 fully saturated rings. The number of nitrogens with zero attached hydrogens (tertiary/aromatic N) is 1. The summed E-state index contributed by atoms with van der Waals surface area (Å²) in [5, 5.41) is 0. The SMILES string of the molecule is CCCN(C)/C=C/OC. The maximum absolute atomic E-state index is 4.74. The molecule has 0 rings (SSSR count). The first-order chi connectivity index (χ1) is 4.31. The zero-order valence-electron chi connectivity index (χ0n) is 6.42. The summed E-state index contributed by atoms with van der Waals surface area (Å²) in [7, 11) is 3.68. The third kappa shape index (κ3) is 5.21. The number of rotatable bonds is 4. The molecule has 0 N–H and O–H groups in total. The Kier molecular flexibility index (Phi) is 5.07. The summed E-state index contributed by atoms with van der Waals surface area (Å²) in [6, 6.07) is 0. The molecule has 0 bridgehead atoms. The van der Waals surface area contributed by atoms with Gasteiger partial charge in [-0.3, -0.25) is 0 Å². The van der Waals surface area contributed by atoms with Crippen LogP contribution in [0.1, 0.15) is 13.3 Å². The van der Waals surface area contributed by atoms with Crippen molar-refractivity contribution >= 4 is 0 Å². The van der Waals surface area contributed by atoms with Gasteiger partial charge in [0.05, 0.1) is 13.4 Å². The summed E-state index contributed by atoms with van der Waals surface area (Å²) in [5.41, 5.74) is 0. The van der Waals surface area contributed by atoms with Crippen LogP contribution in [0.3, 0.4) is 0 Å². The van der Waals surface area contributed by atoms with Gasteiger partial charge in [0, 0.05) is 19.8 Å². The molecule has 0 aromatic rings. The van der Waals surface area contributed by atoms with Crippen molar-refractivity contribution in [1.82, 2.24) is 4.90 Å². The van der Waals surface area contributed by atoms with Crippen LogP contribution < -0.4 is 0 Å². The van der Waals surface area contributed by atoms with Gasteiger partial charge in [-0.1, -0.05) is 6.92 Å². The fourth-order valence-electron chi connectivity index (χ4n) is 0.592.